The molecule has 0 aromatic heterocycles. The Bertz CT molecular complexity index is 963. The van der Waals surface area contributed by atoms with Gasteiger partial charge in [0.05, 0.1) is 12.1 Å². The normalized spacial score (nSPS) is 19.2. The van der Waals surface area contributed by atoms with Crippen molar-refractivity contribution < 1.29 is 23.6 Å². The Morgan fingerprint density at radius 3 is 2.27 bits per heavy atom. The number of rotatable bonds is 10. The summed E-state index contributed by atoms with van der Waals surface area (Å²) in [7, 11) is 1.68. The smallest absolute Gasteiger partial charge is 0.246 e. The molecule has 1 aliphatic rings. The average Bonchev–Trinajstić information content (AvgIpc) is 3.20. The van der Waals surface area contributed by atoms with Crippen LogP contribution in [0.15, 0.2) is 24.3 Å². The maximum absolute atomic E-state index is 13.9. The molecule has 10 heteroatoms. The lowest BCUT2D eigenvalue weighted by Gasteiger charge is -2.37. The van der Waals surface area contributed by atoms with E-state index in [0.29, 0.717) is 19.4 Å². The first kappa shape index (κ1) is 30.2. The molecule has 4 amide bonds. The number of amides is 4. The lowest BCUT2D eigenvalue weighted by atomic mass is 9.85. The van der Waals surface area contributed by atoms with Crippen molar-refractivity contribution >= 4 is 23.6 Å². The summed E-state index contributed by atoms with van der Waals surface area (Å²) in [6, 6.07) is 4.29. The first-order valence-corrected chi connectivity index (χ1v) is 12.8. The first-order chi connectivity index (χ1) is 17.2. The molecule has 4 atom stereocenters. The van der Waals surface area contributed by atoms with Crippen molar-refractivity contribution in [2.75, 3.05) is 26.7 Å². The molecule has 1 heterocycles. The van der Waals surface area contributed by atoms with Crippen LogP contribution in [0.25, 0.3) is 0 Å². The minimum Gasteiger partial charge on any atom is -0.352 e. The Balaban J connectivity index is 2.26. The van der Waals surface area contributed by atoms with Crippen LogP contribution in [0.1, 0.15) is 53.5 Å². The van der Waals surface area contributed by atoms with Crippen LogP contribution in [0.3, 0.4) is 0 Å². The molecule has 0 spiro atoms. The van der Waals surface area contributed by atoms with Crippen molar-refractivity contribution in [3.63, 3.8) is 0 Å². The number of carbonyl (C=O) groups is 4. The van der Waals surface area contributed by atoms with E-state index in [1.54, 1.807) is 35.9 Å². The summed E-state index contributed by atoms with van der Waals surface area (Å²) in [6.45, 7) is 11.3. The second-order valence-electron chi connectivity index (χ2n) is 10.9. The van der Waals surface area contributed by atoms with Gasteiger partial charge in [0.25, 0.3) is 0 Å². The summed E-state index contributed by atoms with van der Waals surface area (Å²) >= 11 is 0. The molecule has 1 saturated heterocycles. The van der Waals surface area contributed by atoms with Crippen molar-refractivity contribution in [3.05, 3.63) is 35.6 Å². The standard InChI is InChI=1S/C27H42FN5O4/c1-17(29-7)25(36)31-24(27(4,5)6)26(37)33-15-22(30-18(2)34)14-23(33)16-32(19(3)35)13-12-20-8-10-21(28)11-9-20/h8-11,17,22-24,29H,12-16H2,1-7H3,(H,30,34)(H,31,36)/t17-,22-,23-,24+/m0/s1. The van der Waals surface area contributed by atoms with Gasteiger partial charge in [-0.2, -0.15) is 0 Å². The van der Waals surface area contributed by atoms with E-state index in [2.05, 4.69) is 16.0 Å². The number of hydrogen-bond acceptors (Lipinski definition) is 5. The molecule has 1 aliphatic heterocycles. The molecule has 0 radical (unpaired) electrons. The second-order valence-corrected chi connectivity index (χ2v) is 10.9. The molecule has 1 aromatic rings. The van der Waals surface area contributed by atoms with Crippen molar-refractivity contribution in [1.82, 2.24) is 25.8 Å². The van der Waals surface area contributed by atoms with Crippen LogP contribution < -0.4 is 16.0 Å². The Morgan fingerprint density at radius 2 is 1.76 bits per heavy atom. The predicted octanol–water partition coefficient (Wildman–Crippen LogP) is 1.46. The highest BCUT2D eigenvalue weighted by atomic mass is 19.1. The molecular formula is C27H42FN5O4. The van der Waals surface area contributed by atoms with Gasteiger partial charge in [-0.3, -0.25) is 19.2 Å². The van der Waals surface area contributed by atoms with Crippen molar-refractivity contribution in [2.24, 2.45) is 5.41 Å². The Hall–Kier alpha value is -3.01. The minimum atomic E-state index is -0.792. The molecule has 9 nitrogen and oxygen atoms in total. The van der Waals surface area contributed by atoms with Gasteiger partial charge >= 0.3 is 0 Å². The maximum Gasteiger partial charge on any atom is 0.246 e. The van der Waals surface area contributed by atoms with E-state index < -0.39 is 17.5 Å². The molecule has 206 valence electrons. The highest BCUT2D eigenvalue weighted by molar-refractivity contribution is 5.90. The lowest BCUT2D eigenvalue weighted by molar-refractivity contribution is -0.142. The zero-order valence-corrected chi connectivity index (χ0v) is 23.1. The molecule has 3 N–H and O–H groups in total. The SMILES string of the molecule is CN[C@@H](C)C(=O)N[C@H](C(=O)N1C[C@@H](NC(C)=O)C[C@H]1CN(CCc1ccc(F)cc1)C(C)=O)C(C)(C)C. The summed E-state index contributed by atoms with van der Waals surface area (Å²) in [6.07, 6.45) is 1.03. The van der Waals surface area contributed by atoms with E-state index in [-0.39, 0.29) is 54.6 Å². The Labute approximate surface area is 219 Å². The maximum atomic E-state index is 13.9. The van der Waals surface area contributed by atoms with Crippen LogP contribution in [0.5, 0.6) is 0 Å². The molecule has 0 bridgehead atoms. The van der Waals surface area contributed by atoms with Gasteiger partial charge in [-0.25, -0.2) is 4.39 Å². The van der Waals surface area contributed by atoms with Crippen LogP contribution in [-0.2, 0) is 25.6 Å². The van der Waals surface area contributed by atoms with Crippen LogP contribution in [0.4, 0.5) is 4.39 Å². The highest BCUT2D eigenvalue weighted by Crippen LogP contribution is 2.27. The molecular weight excluding hydrogens is 477 g/mol. The zero-order chi connectivity index (χ0) is 27.9. The minimum absolute atomic E-state index is 0.138. The van der Waals surface area contributed by atoms with E-state index in [4.69, 9.17) is 0 Å². The zero-order valence-electron chi connectivity index (χ0n) is 23.1. The summed E-state index contributed by atoms with van der Waals surface area (Å²) in [5.41, 5.74) is 0.331. The van der Waals surface area contributed by atoms with Gasteiger partial charge in [-0.15, -0.1) is 0 Å². The van der Waals surface area contributed by atoms with Crippen molar-refractivity contribution in [1.29, 1.82) is 0 Å². The Kier molecular flexibility index (Phi) is 10.6. The molecule has 0 aliphatic carbocycles. The lowest BCUT2D eigenvalue weighted by Crippen LogP contribution is -2.59. The van der Waals surface area contributed by atoms with Gasteiger partial charge in [0, 0.05) is 39.5 Å². The number of likely N-dealkylation sites (tertiary alicyclic amines) is 1. The third-order valence-corrected chi connectivity index (χ3v) is 6.79. The monoisotopic (exact) mass is 519 g/mol. The number of halogens is 1. The first-order valence-electron chi connectivity index (χ1n) is 12.8. The third kappa shape index (κ3) is 8.80. The van der Waals surface area contributed by atoms with E-state index in [0.717, 1.165) is 5.56 Å². The van der Waals surface area contributed by atoms with E-state index >= 15 is 0 Å². The van der Waals surface area contributed by atoms with Gasteiger partial charge in [0.1, 0.15) is 11.9 Å². The van der Waals surface area contributed by atoms with Gasteiger partial charge in [0.15, 0.2) is 0 Å². The van der Waals surface area contributed by atoms with Crippen LogP contribution in [0, 0.1) is 11.2 Å². The quantitative estimate of drug-likeness (QED) is 0.434. The average molecular weight is 520 g/mol. The molecule has 0 saturated carbocycles. The number of benzene rings is 1. The number of likely N-dealkylation sites (N-methyl/N-ethyl adjacent to an activating group) is 1. The number of nitrogens with one attached hydrogen (secondary N) is 3. The fourth-order valence-electron chi connectivity index (χ4n) is 4.51. The fraction of sp³-hybridized carbons (Fsp3) is 0.630. The van der Waals surface area contributed by atoms with Gasteiger partial charge < -0.3 is 25.8 Å². The van der Waals surface area contributed by atoms with Crippen LogP contribution in [-0.4, -0.2) is 84.3 Å². The number of nitrogens with zero attached hydrogens (tertiary/aromatic N) is 2. The highest BCUT2D eigenvalue weighted by Gasteiger charge is 2.43. The number of hydrogen-bond donors (Lipinski definition) is 3. The summed E-state index contributed by atoms with van der Waals surface area (Å²) in [4.78, 5) is 54.2. The van der Waals surface area contributed by atoms with E-state index in [1.807, 2.05) is 20.8 Å². The summed E-state index contributed by atoms with van der Waals surface area (Å²) in [5, 5.41) is 8.68. The van der Waals surface area contributed by atoms with E-state index in [9.17, 15) is 23.6 Å². The summed E-state index contributed by atoms with van der Waals surface area (Å²) in [5.74, 6) is -1.18. The van der Waals surface area contributed by atoms with Gasteiger partial charge in [-0.1, -0.05) is 32.9 Å². The largest absolute Gasteiger partial charge is 0.352 e. The van der Waals surface area contributed by atoms with Crippen molar-refractivity contribution in [3.8, 4) is 0 Å². The Morgan fingerprint density at radius 1 is 1.14 bits per heavy atom. The molecule has 2 rings (SSSR count). The second kappa shape index (κ2) is 13.0. The van der Waals surface area contributed by atoms with Crippen LogP contribution >= 0.6 is 0 Å². The van der Waals surface area contributed by atoms with Gasteiger partial charge in [-0.05, 0) is 49.9 Å². The molecule has 0 unspecified atom stereocenters. The molecule has 1 aromatic carbocycles. The van der Waals surface area contributed by atoms with Gasteiger partial charge in [0.2, 0.25) is 23.6 Å². The van der Waals surface area contributed by atoms with E-state index in [1.165, 1.54) is 26.0 Å². The van der Waals surface area contributed by atoms with Crippen LogP contribution in [0.2, 0.25) is 0 Å². The number of carbonyl (C=O) groups excluding carboxylic acids is 4. The summed E-state index contributed by atoms with van der Waals surface area (Å²) < 4.78 is 13.3. The molecule has 37 heavy (non-hydrogen) atoms. The van der Waals surface area contributed by atoms with Crippen molar-refractivity contribution in [2.45, 2.75) is 78.6 Å². The fourth-order valence-corrected chi connectivity index (χ4v) is 4.51. The molecule has 1 fully saturated rings. The topological polar surface area (TPSA) is 111 Å². The third-order valence-electron chi connectivity index (χ3n) is 6.79. The predicted molar refractivity (Wildman–Crippen MR) is 140 cm³/mol.